The third-order valence-electron chi connectivity index (χ3n) is 4.85. The molecule has 176 valence electrons. The zero-order valence-corrected chi connectivity index (χ0v) is 19.3. The maximum absolute atomic E-state index is 12.8. The van der Waals surface area contributed by atoms with E-state index in [0.717, 1.165) is 12.8 Å². The van der Waals surface area contributed by atoms with Gasteiger partial charge in [0.15, 0.2) is 0 Å². The Bertz CT molecular complexity index is 817. The molecule has 1 unspecified atom stereocenters. The molecule has 1 atom stereocenters. The van der Waals surface area contributed by atoms with Gasteiger partial charge in [-0.3, -0.25) is 19.2 Å². The van der Waals surface area contributed by atoms with Gasteiger partial charge in [0, 0.05) is 29.9 Å². The largest absolute Gasteiger partial charge is 0.466 e. The number of esters is 1. The van der Waals surface area contributed by atoms with E-state index >= 15 is 0 Å². The highest BCUT2D eigenvalue weighted by molar-refractivity contribution is 5.95. The number of carbonyl (C=O) groups is 4. The van der Waals surface area contributed by atoms with Gasteiger partial charge in [0.2, 0.25) is 11.8 Å². The Morgan fingerprint density at radius 1 is 1.19 bits per heavy atom. The Hall–Kier alpha value is -3.10. The van der Waals surface area contributed by atoms with E-state index in [-0.39, 0.29) is 36.2 Å². The lowest BCUT2D eigenvalue weighted by Crippen LogP contribution is -2.58. The molecule has 1 aliphatic rings. The number of rotatable bonds is 9. The number of piperazine rings is 1. The summed E-state index contributed by atoms with van der Waals surface area (Å²) in [6, 6.07) is 5.91. The van der Waals surface area contributed by atoms with E-state index in [4.69, 9.17) is 4.74 Å². The van der Waals surface area contributed by atoms with Crippen LogP contribution in [0.2, 0.25) is 0 Å². The zero-order chi connectivity index (χ0) is 23.7. The minimum atomic E-state index is -0.879. The molecule has 1 aliphatic heterocycles. The van der Waals surface area contributed by atoms with Crippen molar-refractivity contribution >= 4 is 29.4 Å². The van der Waals surface area contributed by atoms with Gasteiger partial charge in [0.05, 0.1) is 19.6 Å². The second-order valence-corrected chi connectivity index (χ2v) is 8.81. The van der Waals surface area contributed by atoms with Crippen LogP contribution in [0.3, 0.4) is 0 Å². The van der Waals surface area contributed by atoms with Gasteiger partial charge in [-0.25, -0.2) is 0 Å². The first-order valence-electron chi connectivity index (χ1n) is 11.0. The van der Waals surface area contributed by atoms with E-state index in [2.05, 4.69) is 16.0 Å². The summed E-state index contributed by atoms with van der Waals surface area (Å²) in [5, 5.41) is 8.61. The molecule has 0 bridgehead atoms. The van der Waals surface area contributed by atoms with Gasteiger partial charge >= 0.3 is 5.97 Å². The standard InChI is InChI=1S/C23H34N4O5/c1-5-6-13-32-20(29)14-18-22(31)24-11-12-27(18)19(28)15-25-17-9-7-16(8-10-17)21(30)26-23(2,3)4/h7-10,18,25H,5-6,11-15H2,1-4H3,(H,24,31)(H,26,30). The van der Waals surface area contributed by atoms with Gasteiger partial charge in [0.25, 0.3) is 5.91 Å². The van der Waals surface area contributed by atoms with Gasteiger partial charge in [0.1, 0.15) is 6.04 Å². The Morgan fingerprint density at radius 2 is 1.88 bits per heavy atom. The molecule has 0 aromatic heterocycles. The average Bonchev–Trinajstić information content (AvgIpc) is 2.73. The van der Waals surface area contributed by atoms with Crippen molar-refractivity contribution in [1.82, 2.24) is 15.5 Å². The quantitative estimate of drug-likeness (QED) is 0.393. The summed E-state index contributed by atoms with van der Waals surface area (Å²) in [6.07, 6.45) is 1.49. The summed E-state index contributed by atoms with van der Waals surface area (Å²) in [4.78, 5) is 50.7. The number of unbranched alkanes of at least 4 members (excludes halogenated alkanes) is 1. The first-order chi connectivity index (χ1) is 15.1. The van der Waals surface area contributed by atoms with E-state index in [1.807, 2.05) is 27.7 Å². The van der Waals surface area contributed by atoms with Gasteiger partial charge in [-0.2, -0.15) is 0 Å². The summed E-state index contributed by atoms with van der Waals surface area (Å²) in [7, 11) is 0. The molecule has 1 aromatic rings. The van der Waals surface area contributed by atoms with Crippen molar-refractivity contribution in [2.24, 2.45) is 0 Å². The maximum Gasteiger partial charge on any atom is 0.308 e. The van der Waals surface area contributed by atoms with Crippen LogP contribution in [0.25, 0.3) is 0 Å². The van der Waals surface area contributed by atoms with Crippen molar-refractivity contribution < 1.29 is 23.9 Å². The molecule has 9 nitrogen and oxygen atoms in total. The smallest absolute Gasteiger partial charge is 0.308 e. The summed E-state index contributed by atoms with van der Waals surface area (Å²) >= 11 is 0. The number of benzene rings is 1. The van der Waals surface area contributed by atoms with Crippen LogP contribution < -0.4 is 16.0 Å². The number of carbonyl (C=O) groups excluding carboxylic acids is 4. The minimum absolute atomic E-state index is 0.0395. The van der Waals surface area contributed by atoms with Crippen LogP contribution in [-0.2, 0) is 19.1 Å². The third-order valence-corrected chi connectivity index (χ3v) is 4.85. The summed E-state index contributed by atoms with van der Waals surface area (Å²) in [5.74, 6) is -1.31. The molecule has 0 radical (unpaired) electrons. The number of hydrogen-bond acceptors (Lipinski definition) is 6. The highest BCUT2D eigenvalue weighted by Gasteiger charge is 2.34. The fraction of sp³-hybridized carbons (Fsp3) is 0.565. The molecule has 3 N–H and O–H groups in total. The number of anilines is 1. The van der Waals surface area contributed by atoms with Crippen molar-refractivity contribution in [1.29, 1.82) is 0 Å². The number of ether oxygens (including phenoxy) is 1. The average molecular weight is 447 g/mol. The second-order valence-electron chi connectivity index (χ2n) is 8.81. The van der Waals surface area contributed by atoms with E-state index in [0.29, 0.717) is 30.9 Å². The van der Waals surface area contributed by atoms with Gasteiger partial charge in [-0.1, -0.05) is 13.3 Å². The van der Waals surface area contributed by atoms with Crippen LogP contribution in [0.1, 0.15) is 57.3 Å². The van der Waals surface area contributed by atoms with Gasteiger partial charge < -0.3 is 25.6 Å². The normalized spacial score (nSPS) is 16.2. The lowest BCUT2D eigenvalue weighted by atomic mass is 10.1. The minimum Gasteiger partial charge on any atom is -0.466 e. The fourth-order valence-corrected chi connectivity index (χ4v) is 3.19. The van der Waals surface area contributed by atoms with Crippen molar-refractivity contribution in [3.8, 4) is 0 Å². The van der Waals surface area contributed by atoms with Crippen LogP contribution in [0, 0.1) is 0 Å². The number of nitrogens with zero attached hydrogens (tertiary/aromatic N) is 1. The second kappa shape index (κ2) is 11.5. The molecule has 1 fully saturated rings. The number of nitrogens with one attached hydrogen (secondary N) is 3. The first-order valence-corrected chi connectivity index (χ1v) is 11.0. The van der Waals surface area contributed by atoms with Crippen LogP contribution in [-0.4, -0.2) is 66.4 Å². The van der Waals surface area contributed by atoms with Gasteiger partial charge in [-0.15, -0.1) is 0 Å². The van der Waals surface area contributed by atoms with E-state index < -0.39 is 12.0 Å². The topological polar surface area (TPSA) is 117 Å². The highest BCUT2D eigenvalue weighted by atomic mass is 16.5. The molecular weight excluding hydrogens is 412 g/mol. The van der Waals surface area contributed by atoms with E-state index in [1.54, 1.807) is 24.3 Å². The molecule has 32 heavy (non-hydrogen) atoms. The van der Waals surface area contributed by atoms with E-state index in [9.17, 15) is 19.2 Å². The van der Waals surface area contributed by atoms with Crippen molar-refractivity contribution in [2.75, 3.05) is 31.6 Å². The van der Waals surface area contributed by atoms with Crippen LogP contribution in [0.4, 0.5) is 5.69 Å². The van der Waals surface area contributed by atoms with E-state index in [1.165, 1.54) is 4.90 Å². The molecule has 1 saturated heterocycles. The van der Waals surface area contributed by atoms with Crippen molar-refractivity contribution in [2.45, 2.75) is 58.5 Å². The molecule has 1 aromatic carbocycles. The molecular formula is C23H34N4O5. The third kappa shape index (κ3) is 7.86. The maximum atomic E-state index is 12.8. The summed E-state index contributed by atoms with van der Waals surface area (Å²) in [6.45, 7) is 8.64. The highest BCUT2D eigenvalue weighted by Crippen LogP contribution is 2.14. The predicted octanol–water partition coefficient (Wildman–Crippen LogP) is 1.69. The molecule has 0 aliphatic carbocycles. The summed E-state index contributed by atoms with van der Waals surface area (Å²) in [5.41, 5.74) is 0.855. The molecule has 2 rings (SSSR count). The zero-order valence-electron chi connectivity index (χ0n) is 19.3. The molecule has 9 heteroatoms. The predicted molar refractivity (Wildman–Crippen MR) is 121 cm³/mol. The molecule has 3 amide bonds. The lowest BCUT2D eigenvalue weighted by molar-refractivity contribution is -0.151. The Morgan fingerprint density at radius 3 is 2.50 bits per heavy atom. The Balaban J connectivity index is 1.92. The number of hydrogen-bond donors (Lipinski definition) is 3. The van der Waals surface area contributed by atoms with Crippen LogP contribution in [0.15, 0.2) is 24.3 Å². The van der Waals surface area contributed by atoms with Crippen molar-refractivity contribution in [3.05, 3.63) is 29.8 Å². The van der Waals surface area contributed by atoms with Crippen molar-refractivity contribution in [3.63, 3.8) is 0 Å². The Kier molecular flexibility index (Phi) is 9.04. The molecule has 0 saturated carbocycles. The Labute approximate surface area is 189 Å². The number of amides is 3. The SMILES string of the molecule is CCCCOC(=O)CC1C(=O)NCCN1C(=O)CNc1ccc(C(=O)NC(C)(C)C)cc1. The fourth-order valence-electron chi connectivity index (χ4n) is 3.19. The van der Waals surface area contributed by atoms with Crippen LogP contribution >= 0.6 is 0 Å². The van der Waals surface area contributed by atoms with Crippen LogP contribution in [0.5, 0.6) is 0 Å². The molecule has 0 spiro atoms. The summed E-state index contributed by atoms with van der Waals surface area (Å²) < 4.78 is 5.15. The molecule has 1 heterocycles. The first kappa shape index (κ1) is 25.2. The van der Waals surface area contributed by atoms with Gasteiger partial charge in [-0.05, 0) is 51.5 Å². The lowest BCUT2D eigenvalue weighted by Gasteiger charge is -2.34. The monoisotopic (exact) mass is 446 g/mol.